The second-order valence-electron chi connectivity index (χ2n) is 3.87. The molecule has 0 fully saturated rings. The topological polar surface area (TPSA) is 101 Å². The molecular weight excluding hydrogens is 226 g/mol. The molecule has 0 aromatic heterocycles. The van der Waals surface area contributed by atoms with Gasteiger partial charge in [-0.1, -0.05) is 12.1 Å². The quantitative estimate of drug-likeness (QED) is 0.614. The van der Waals surface area contributed by atoms with Crippen molar-refractivity contribution in [3.05, 3.63) is 39.4 Å². The van der Waals surface area contributed by atoms with E-state index in [1.54, 1.807) is 6.92 Å². The molecule has 0 heterocycles. The molecule has 1 aromatic carbocycles. The normalized spacial score (nSPS) is 14.1. The summed E-state index contributed by atoms with van der Waals surface area (Å²) in [6.07, 6.45) is -1.26. The molecule has 0 aliphatic heterocycles. The third kappa shape index (κ3) is 2.79. The number of carboxylic acid groups (broad SMARTS) is 1. The molecule has 17 heavy (non-hydrogen) atoms. The number of nitro benzene ring substituents is 1. The molecule has 0 saturated heterocycles. The monoisotopic (exact) mass is 239 g/mol. The molecule has 0 spiro atoms. The van der Waals surface area contributed by atoms with E-state index in [0.717, 1.165) is 0 Å². The molecule has 2 atom stereocenters. The molecule has 6 nitrogen and oxygen atoms in total. The molecule has 0 bridgehead atoms. The molecule has 2 N–H and O–H groups in total. The summed E-state index contributed by atoms with van der Waals surface area (Å²) in [4.78, 5) is 20.9. The van der Waals surface area contributed by atoms with Gasteiger partial charge in [0.05, 0.1) is 16.9 Å². The van der Waals surface area contributed by atoms with E-state index < -0.39 is 22.9 Å². The summed E-state index contributed by atoms with van der Waals surface area (Å²) in [5.41, 5.74) is 0.574. The van der Waals surface area contributed by atoms with Crippen molar-refractivity contribution in [3.8, 4) is 0 Å². The Bertz CT molecular complexity index is 457. The van der Waals surface area contributed by atoms with E-state index in [9.17, 15) is 20.0 Å². The van der Waals surface area contributed by atoms with Crippen molar-refractivity contribution in [2.24, 2.45) is 5.92 Å². The largest absolute Gasteiger partial charge is 0.481 e. The molecule has 0 amide bonds. The molecule has 6 heteroatoms. The lowest BCUT2D eigenvalue weighted by molar-refractivity contribution is -0.385. The molecule has 92 valence electrons. The smallest absolute Gasteiger partial charge is 0.309 e. The Kier molecular flexibility index (Phi) is 3.80. The van der Waals surface area contributed by atoms with Gasteiger partial charge in [-0.2, -0.15) is 0 Å². The van der Waals surface area contributed by atoms with Crippen molar-refractivity contribution in [3.63, 3.8) is 0 Å². The van der Waals surface area contributed by atoms with Crippen LogP contribution < -0.4 is 0 Å². The van der Waals surface area contributed by atoms with Crippen LogP contribution in [0.3, 0.4) is 0 Å². The third-order valence-electron chi connectivity index (χ3n) is 2.63. The van der Waals surface area contributed by atoms with Gasteiger partial charge in [-0.05, 0) is 19.4 Å². The predicted molar refractivity (Wildman–Crippen MR) is 59.6 cm³/mol. The summed E-state index contributed by atoms with van der Waals surface area (Å²) in [6.45, 7) is 2.92. The summed E-state index contributed by atoms with van der Waals surface area (Å²) < 4.78 is 0. The van der Waals surface area contributed by atoms with Crippen LogP contribution in [0.4, 0.5) is 5.69 Å². The van der Waals surface area contributed by atoms with Gasteiger partial charge in [-0.3, -0.25) is 14.9 Å². The zero-order valence-corrected chi connectivity index (χ0v) is 9.45. The average Bonchev–Trinajstić information content (AvgIpc) is 2.27. The molecule has 0 aliphatic carbocycles. The maximum atomic E-state index is 10.7. The van der Waals surface area contributed by atoms with Crippen molar-refractivity contribution < 1.29 is 19.9 Å². The molecule has 0 radical (unpaired) electrons. The lowest BCUT2D eigenvalue weighted by Gasteiger charge is -2.15. The first kappa shape index (κ1) is 13.1. The van der Waals surface area contributed by atoms with Gasteiger partial charge in [0.15, 0.2) is 0 Å². The number of nitrogens with zero attached hydrogens (tertiary/aromatic N) is 1. The SMILES string of the molecule is Cc1ccc([C@@H](O)[C@H](C)C(=O)O)cc1[N+](=O)[O-]. The van der Waals surface area contributed by atoms with Crippen LogP contribution in [0.5, 0.6) is 0 Å². The lowest BCUT2D eigenvalue weighted by Crippen LogP contribution is -2.18. The molecular formula is C11H13NO5. The molecule has 0 unspecified atom stereocenters. The predicted octanol–water partition coefficient (Wildman–Crippen LogP) is 1.66. The number of aliphatic carboxylic acids is 1. The van der Waals surface area contributed by atoms with Crippen molar-refractivity contribution >= 4 is 11.7 Å². The summed E-state index contributed by atoms with van der Waals surface area (Å²) in [7, 11) is 0. The van der Waals surface area contributed by atoms with Crippen LogP contribution in [-0.4, -0.2) is 21.1 Å². The first-order chi connectivity index (χ1) is 7.84. The molecule has 1 aromatic rings. The first-order valence-electron chi connectivity index (χ1n) is 5.00. The van der Waals surface area contributed by atoms with E-state index >= 15 is 0 Å². The number of nitro groups is 1. The number of aliphatic hydroxyl groups excluding tert-OH is 1. The Morgan fingerprint density at radius 3 is 2.53 bits per heavy atom. The highest BCUT2D eigenvalue weighted by Crippen LogP contribution is 2.27. The summed E-state index contributed by atoms with van der Waals surface area (Å²) in [6, 6.07) is 4.19. The lowest BCUT2D eigenvalue weighted by atomic mass is 9.96. The number of carboxylic acids is 1. The average molecular weight is 239 g/mol. The van der Waals surface area contributed by atoms with Gasteiger partial charge in [0.25, 0.3) is 5.69 Å². The minimum absolute atomic E-state index is 0.126. The summed E-state index contributed by atoms with van der Waals surface area (Å²) in [5.74, 6) is -2.17. The summed E-state index contributed by atoms with van der Waals surface area (Å²) >= 11 is 0. The van der Waals surface area contributed by atoms with Crippen molar-refractivity contribution in [1.82, 2.24) is 0 Å². The van der Waals surface area contributed by atoms with Crippen molar-refractivity contribution in [2.45, 2.75) is 20.0 Å². The van der Waals surface area contributed by atoms with Crippen LogP contribution in [0, 0.1) is 23.0 Å². The molecule has 0 saturated carbocycles. The van der Waals surface area contributed by atoms with Crippen LogP contribution in [0.25, 0.3) is 0 Å². The maximum Gasteiger partial charge on any atom is 0.309 e. The number of benzene rings is 1. The highest BCUT2D eigenvalue weighted by Gasteiger charge is 2.24. The van der Waals surface area contributed by atoms with Gasteiger partial charge in [0.2, 0.25) is 0 Å². The minimum Gasteiger partial charge on any atom is -0.481 e. The first-order valence-corrected chi connectivity index (χ1v) is 5.00. The van der Waals surface area contributed by atoms with Gasteiger partial charge >= 0.3 is 5.97 Å². The fourth-order valence-electron chi connectivity index (χ4n) is 1.43. The van der Waals surface area contributed by atoms with Crippen LogP contribution in [0.15, 0.2) is 18.2 Å². The molecule has 0 aliphatic rings. The fourth-order valence-corrected chi connectivity index (χ4v) is 1.43. The van der Waals surface area contributed by atoms with E-state index in [-0.39, 0.29) is 11.3 Å². The Labute approximate surface area is 97.7 Å². The van der Waals surface area contributed by atoms with Gasteiger partial charge in [-0.15, -0.1) is 0 Å². The van der Waals surface area contributed by atoms with E-state index in [0.29, 0.717) is 5.56 Å². The number of rotatable bonds is 4. The second kappa shape index (κ2) is 4.92. The zero-order valence-electron chi connectivity index (χ0n) is 9.45. The Morgan fingerprint density at radius 2 is 2.06 bits per heavy atom. The Hall–Kier alpha value is -1.95. The van der Waals surface area contributed by atoms with E-state index in [2.05, 4.69) is 0 Å². The number of hydrogen-bond acceptors (Lipinski definition) is 4. The van der Waals surface area contributed by atoms with E-state index in [1.807, 2.05) is 0 Å². The maximum absolute atomic E-state index is 10.7. The third-order valence-corrected chi connectivity index (χ3v) is 2.63. The molecule has 1 rings (SSSR count). The van der Waals surface area contributed by atoms with Crippen molar-refractivity contribution in [2.75, 3.05) is 0 Å². The number of hydrogen-bond donors (Lipinski definition) is 2. The fraction of sp³-hybridized carbons (Fsp3) is 0.364. The number of aliphatic hydroxyl groups is 1. The van der Waals surface area contributed by atoms with Gasteiger partial charge in [-0.25, -0.2) is 0 Å². The Morgan fingerprint density at radius 1 is 1.47 bits per heavy atom. The highest BCUT2D eigenvalue weighted by molar-refractivity contribution is 5.70. The number of carbonyl (C=O) groups is 1. The van der Waals surface area contributed by atoms with Gasteiger partial charge < -0.3 is 10.2 Å². The zero-order chi connectivity index (χ0) is 13.2. The van der Waals surface area contributed by atoms with Gasteiger partial charge in [0, 0.05) is 11.6 Å². The van der Waals surface area contributed by atoms with Crippen LogP contribution in [0.1, 0.15) is 24.2 Å². The highest BCUT2D eigenvalue weighted by atomic mass is 16.6. The van der Waals surface area contributed by atoms with Gasteiger partial charge in [0.1, 0.15) is 0 Å². The van der Waals surface area contributed by atoms with E-state index in [4.69, 9.17) is 5.11 Å². The second-order valence-corrected chi connectivity index (χ2v) is 3.87. The minimum atomic E-state index is -1.26. The van der Waals surface area contributed by atoms with Crippen molar-refractivity contribution in [1.29, 1.82) is 0 Å². The number of aryl methyl sites for hydroxylation is 1. The Balaban J connectivity index is 3.11. The van der Waals surface area contributed by atoms with Crippen LogP contribution in [-0.2, 0) is 4.79 Å². The summed E-state index contributed by atoms with van der Waals surface area (Å²) in [5, 5.41) is 29.2. The standard InChI is InChI=1S/C11H13NO5/c1-6-3-4-8(5-9(6)12(16)17)10(13)7(2)11(14)15/h3-5,7,10,13H,1-2H3,(H,14,15)/t7-,10-/m0/s1. The van der Waals surface area contributed by atoms with Crippen LogP contribution in [0.2, 0.25) is 0 Å². The van der Waals surface area contributed by atoms with Crippen LogP contribution >= 0.6 is 0 Å². The van der Waals surface area contributed by atoms with E-state index in [1.165, 1.54) is 25.1 Å².